The molecule has 0 bridgehead atoms. The zero-order valence-corrected chi connectivity index (χ0v) is 15.6. The third kappa shape index (κ3) is 3.41. The number of amides is 1. The standard InChI is InChI=1S/C23H28N2O/c1-18-6-4-7-21(16-18)20-10-8-19(9-11-20)17-23(12-5-13-24-23)22(26)25-14-2-3-15-25/h4,6-11,16,24H,2-3,5,12-15,17H2,1H3. The lowest BCUT2D eigenvalue weighted by Gasteiger charge is -2.33. The summed E-state index contributed by atoms with van der Waals surface area (Å²) in [7, 11) is 0. The van der Waals surface area contributed by atoms with Crippen LogP contribution in [-0.2, 0) is 11.2 Å². The van der Waals surface area contributed by atoms with E-state index in [0.29, 0.717) is 5.91 Å². The third-order valence-electron chi connectivity index (χ3n) is 5.86. The van der Waals surface area contributed by atoms with Crippen molar-refractivity contribution >= 4 is 5.91 Å². The maximum Gasteiger partial charge on any atom is 0.243 e. The predicted molar refractivity (Wildman–Crippen MR) is 106 cm³/mol. The van der Waals surface area contributed by atoms with Crippen molar-refractivity contribution in [3.63, 3.8) is 0 Å². The van der Waals surface area contributed by atoms with E-state index in [0.717, 1.165) is 51.7 Å². The lowest BCUT2D eigenvalue weighted by Crippen LogP contribution is -2.55. The highest BCUT2D eigenvalue weighted by atomic mass is 16.2. The molecule has 0 saturated carbocycles. The van der Waals surface area contributed by atoms with E-state index in [4.69, 9.17) is 0 Å². The van der Waals surface area contributed by atoms with Crippen molar-refractivity contribution < 1.29 is 4.79 Å². The molecule has 0 radical (unpaired) electrons. The van der Waals surface area contributed by atoms with E-state index in [1.54, 1.807) is 0 Å². The highest BCUT2D eigenvalue weighted by Crippen LogP contribution is 2.29. The van der Waals surface area contributed by atoms with Gasteiger partial charge in [-0.15, -0.1) is 0 Å². The zero-order chi connectivity index (χ0) is 18.0. The fraction of sp³-hybridized carbons (Fsp3) is 0.435. The first kappa shape index (κ1) is 17.3. The first-order chi connectivity index (χ1) is 12.7. The third-order valence-corrected chi connectivity index (χ3v) is 5.86. The molecular formula is C23H28N2O. The van der Waals surface area contributed by atoms with Crippen LogP contribution in [0.3, 0.4) is 0 Å². The number of hydrogen-bond acceptors (Lipinski definition) is 2. The minimum atomic E-state index is -0.394. The van der Waals surface area contributed by atoms with Crippen LogP contribution < -0.4 is 5.32 Å². The van der Waals surface area contributed by atoms with E-state index in [1.807, 2.05) is 0 Å². The molecule has 2 fully saturated rings. The molecule has 2 aromatic rings. The van der Waals surface area contributed by atoms with E-state index >= 15 is 0 Å². The SMILES string of the molecule is Cc1cccc(-c2ccc(CC3(C(=O)N4CCCC4)CCCN3)cc2)c1. The van der Waals surface area contributed by atoms with Crippen molar-refractivity contribution in [1.29, 1.82) is 0 Å². The van der Waals surface area contributed by atoms with Gasteiger partial charge in [-0.25, -0.2) is 0 Å². The summed E-state index contributed by atoms with van der Waals surface area (Å²) in [5.41, 5.74) is 4.60. The molecule has 2 aromatic carbocycles. The Morgan fingerprint density at radius 2 is 1.81 bits per heavy atom. The molecule has 1 atom stereocenters. The molecule has 2 saturated heterocycles. The van der Waals surface area contributed by atoms with Crippen molar-refractivity contribution in [3.05, 3.63) is 59.7 Å². The lowest BCUT2D eigenvalue weighted by molar-refractivity contribution is -0.136. The van der Waals surface area contributed by atoms with Crippen LogP contribution in [0.4, 0.5) is 0 Å². The maximum absolute atomic E-state index is 13.2. The van der Waals surface area contributed by atoms with Crippen LogP contribution in [0.2, 0.25) is 0 Å². The summed E-state index contributed by atoms with van der Waals surface area (Å²) >= 11 is 0. The molecule has 0 aliphatic carbocycles. The number of nitrogens with one attached hydrogen (secondary N) is 1. The summed E-state index contributed by atoms with van der Waals surface area (Å²) in [6.07, 6.45) is 5.11. The van der Waals surface area contributed by atoms with Gasteiger partial charge < -0.3 is 10.2 Å². The van der Waals surface area contributed by atoms with Gasteiger partial charge in [-0.2, -0.15) is 0 Å². The monoisotopic (exact) mass is 348 g/mol. The lowest BCUT2D eigenvalue weighted by atomic mass is 9.87. The van der Waals surface area contributed by atoms with E-state index in [9.17, 15) is 4.79 Å². The Balaban J connectivity index is 1.54. The summed E-state index contributed by atoms with van der Waals surface area (Å²) in [5.74, 6) is 0.315. The molecule has 0 spiro atoms. The molecule has 3 nitrogen and oxygen atoms in total. The van der Waals surface area contributed by atoms with Gasteiger partial charge in [0.05, 0.1) is 0 Å². The van der Waals surface area contributed by atoms with E-state index in [-0.39, 0.29) is 0 Å². The van der Waals surface area contributed by atoms with Crippen molar-refractivity contribution in [1.82, 2.24) is 10.2 Å². The van der Waals surface area contributed by atoms with Gasteiger partial charge in [0.2, 0.25) is 5.91 Å². The van der Waals surface area contributed by atoms with Gasteiger partial charge in [0.1, 0.15) is 5.54 Å². The summed E-state index contributed by atoms with van der Waals surface area (Å²) in [4.78, 5) is 15.2. The molecular weight excluding hydrogens is 320 g/mol. The highest BCUT2D eigenvalue weighted by Gasteiger charge is 2.43. The number of benzene rings is 2. The van der Waals surface area contributed by atoms with Crippen molar-refractivity contribution in [2.45, 2.75) is 44.6 Å². The molecule has 1 unspecified atom stereocenters. The summed E-state index contributed by atoms with van der Waals surface area (Å²) < 4.78 is 0. The number of aryl methyl sites for hydroxylation is 1. The zero-order valence-electron chi connectivity index (χ0n) is 15.6. The number of hydrogen-bond donors (Lipinski definition) is 1. The van der Waals surface area contributed by atoms with Crippen LogP contribution in [0.25, 0.3) is 11.1 Å². The maximum atomic E-state index is 13.2. The van der Waals surface area contributed by atoms with E-state index in [1.165, 1.54) is 22.3 Å². The van der Waals surface area contributed by atoms with Crippen molar-refractivity contribution in [2.75, 3.05) is 19.6 Å². The quantitative estimate of drug-likeness (QED) is 0.907. The molecule has 1 amide bonds. The van der Waals surface area contributed by atoms with Crippen LogP contribution in [0, 0.1) is 6.92 Å². The second-order valence-electron chi connectivity index (χ2n) is 7.85. The Labute approximate surface area is 156 Å². The van der Waals surface area contributed by atoms with E-state index < -0.39 is 5.54 Å². The van der Waals surface area contributed by atoms with Gasteiger partial charge in [-0.05, 0) is 62.3 Å². The van der Waals surface area contributed by atoms with Gasteiger partial charge in [-0.1, -0.05) is 54.1 Å². The minimum absolute atomic E-state index is 0.315. The second-order valence-corrected chi connectivity index (χ2v) is 7.85. The number of carbonyl (C=O) groups excluding carboxylic acids is 1. The molecule has 3 heteroatoms. The Morgan fingerprint density at radius 3 is 2.46 bits per heavy atom. The topological polar surface area (TPSA) is 32.3 Å². The number of rotatable bonds is 4. The van der Waals surface area contributed by atoms with Crippen molar-refractivity contribution in [2.24, 2.45) is 0 Å². The Bertz CT molecular complexity index is 769. The average molecular weight is 348 g/mol. The fourth-order valence-electron chi connectivity index (χ4n) is 4.43. The van der Waals surface area contributed by atoms with Gasteiger partial charge in [0.15, 0.2) is 0 Å². The average Bonchev–Trinajstić information content (AvgIpc) is 3.34. The predicted octanol–water partition coefficient (Wildman–Crippen LogP) is 3.95. The summed E-state index contributed by atoms with van der Waals surface area (Å²) in [6.45, 7) is 4.92. The van der Waals surface area contributed by atoms with Crippen LogP contribution >= 0.6 is 0 Å². The fourth-order valence-corrected chi connectivity index (χ4v) is 4.43. The molecule has 0 aromatic heterocycles. The number of likely N-dealkylation sites (tertiary alicyclic amines) is 1. The van der Waals surface area contributed by atoms with Crippen molar-refractivity contribution in [3.8, 4) is 11.1 Å². The first-order valence-electron chi connectivity index (χ1n) is 9.87. The molecule has 136 valence electrons. The summed E-state index contributed by atoms with van der Waals surface area (Å²) in [6, 6.07) is 17.3. The van der Waals surface area contributed by atoms with Gasteiger partial charge in [0.25, 0.3) is 0 Å². The molecule has 26 heavy (non-hydrogen) atoms. The Morgan fingerprint density at radius 1 is 1.04 bits per heavy atom. The number of carbonyl (C=O) groups is 1. The normalized spacial score (nSPS) is 22.7. The summed E-state index contributed by atoms with van der Waals surface area (Å²) in [5, 5.41) is 3.56. The van der Waals surface area contributed by atoms with Gasteiger partial charge >= 0.3 is 0 Å². The Kier molecular flexibility index (Phi) is 4.82. The molecule has 4 rings (SSSR count). The van der Waals surface area contributed by atoms with Crippen LogP contribution in [0.1, 0.15) is 36.8 Å². The van der Waals surface area contributed by atoms with Gasteiger partial charge in [-0.3, -0.25) is 4.79 Å². The smallest absolute Gasteiger partial charge is 0.243 e. The van der Waals surface area contributed by atoms with Crippen LogP contribution in [0.15, 0.2) is 48.5 Å². The van der Waals surface area contributed by atoms with Crippen LogP contribution in [-0.4, -0.2) is 36.0 Å². The largest absolute Gasteiger partial charge is 0.341 e. The number of nitrogens with zero attached hydrogens (tertiary/aromatic N) is 1. The van der Waals surface area contributed by atoms with E-state index in [2.05, 4.69) is 65.7 Å². The first-order valence-corrected chi connectivity index (χ1v) is 9.87. The molecule has 2 aliphatic rings. The second kappa shape index (κ2) is 7.24. The molecule has 2 heterocycles. The minimum Gasteiger partial charge on any atom is -0.341 e. The molecule has 2 aliphatic heterocycles. The molecule has 1 N–H and O–H groups in total. The van der Waals surface area contributed by atoms with Gasteiger partial charge in [0, 0.05) is 13.1 Å². The Hall–Kier alpha value is -2.13. The van der Waals surface area contributed by atoms with Crippen LogP contribution in [0.5, 0.6) is 0 Å². The highest BCUT2D eigenvalue weighted by molar-refractivity contribution is 5.87.